The Bertz CT molecular complexity index is 1380. The van der Waals surface area contributed by atoms with E-state index in [1.54, 1.807) is 0 Å². The van der Waals surface area contributed by atoms with Crippen LogP contribution in [0.3, 0.4) is 0 Å². The quantitative estimate of drug-likeness (QED) is 0.277. The smallest absolute Gasteiger partial charge is 0.174 e. The third-order valence-electron chi connectivity index (χ3n) is 6.44. The monoisotopic (exact) mass is 516 g/mol. The maximum absolute atomic E-state index is 6.34. The van der Waals surface area contributed by atoms with Crippen molar-refractivity contribution >= 4 is 34.6 Å². The lowest BCUT2D eigenvalue weighted by molar-refractivity contribution is 0.242. The summed E-state index contributed by atoms with van der Waals surface area (Å²) in [5.74, 6) is 0.837. The number of nitrogens with zero attached hydrogens (tertiary/aromatic N) is 3. The van der Waals surface area contributed by atoms with Gasteiger partial charge in [-0.1, -0.05) is 23.7 Å². The fourth-order valence-electron chi connectivity index (χ4n) is 5.01. The number of anilines is 1. The molecule has 2 aromatic carbocycles. The Balaban J connectivity index is 1.63. The molecule has 3 heterocycles. The summed E-state index contributed by atoms with van der Waals surface area (Å²) in [6.45, 7) is 8.32. The minimum atomic E-state index is -0.112. The van der Waals surface area contributed by atoms with Crippen molar-refractivity contribution in [2.45, 2.75) is 45.9 Å². The van der Waals surface area contributed by atoms with E-state index in [1.807, 2.05) is 68.6 Å². The number of hydrogen-bond donors (Lipinski definition) is 1. The molecule has 36 heavy (non-hydrogen) atoms. The van der Waals surface area contributed by atoms with Gasteiger partial charge >= 0.3 is 0 Å². The number of pyridine rings is 1. The normalized spacial score (nSPS) is 17.5. The zero-order valence-electron chi connectivity index (χ0n) is 20.8. The van der Waals surface area contributed by atoms with Crippen molar-refractivity contribution in [1.29, 1.82) is 0 Å². The van der Waals surface area contributed by atoms with E-state index in [2.05, 4.69) is 57.9 Å². The van der Waals surface area contributed by atoms with E-state index >= 15 is 0 Å². The molecule has 0 spiro atoms. The fraction of sp³-hybridized carbons (Fsp3) is 0.241. The highest BCUT2D eigenvalue weighted by atomic mass is 35.5. The SMILES string of the molecule is Cc1cc([C@H]2[C@@H](c3ccccn3)NC(=S)N2c2ccc(OC(C)C)cc2)c(C)n1-c1cccc(Cl)c1. The maximum Gasteiger partial charge on any atom is 0.174 e. The summed E-state index contributed by atoms with van der Waals surface area (Å²) in [5.41, 5.74) is 6.42. The van der Waals surface area contributed by atoms with Crippen LogP contribution in [0.25, 0.3) is 5.69 Å². The van der Waals surface area contributed by atoms with Gasteiger partial charge in [-0.05, 0) is 106 Å². The number of aryl methyl sites for hydroxylation is 1. The Labute approximate surface area is 222 Å². The standard InChI is InChI=1S/C29H29ClN4OS/c1-18(2)35-24-13-11-22(12-14-24)34-28(27(32-29(34)36)26-10-5-6-15-31-26)25-16-19(3)33(20(25)4)23-9-7-8-21(30)17-23/h5-18,27-28H,1-4H3,(H,32,36)/t27-,28+/m1/s1. The number of halogens is 1. The van der Waals surface area contributed by atoms with Gasteiger partial charge in [-0.25, -0.2) is 0 Å². The highest BCUT2D eigenvalue weighted by Crippen LogP contribution is 2.44. The second-order valence-corrected chi connectivity index (χ2v) is 10.1. The minimum absolute atomic E-state index is 0.0941. The minimum Gasteiger partial charge on any atom is -0.491 e. The van der Waals surface area contributed by atoms with Crippen molar-refractivity contribution in [2.75, 3.05) is 4.90 Å². The van der Waals surface area contributed by atoms with Crippen molar-refractivity contribution in [2.24, 2.45) is 0 Å². The van der Waals surface area contributed by atoms with Crippen LogP contribution in [0.4, 0.5) is 5.69 Å². The molecule has 0 radical (unpaired) electrons. The van der Waals surface area contributed by atoms with Gasteiger partial charge in [0.05, 0.1) is 23.9 Å². The Morgan fingerprint density at radius 2 is 1.75 bits per heavy atom. The molecular formula is C29H29ClN4OS. The molecule has 4 aromatic rings. The molecule has 0 amide bonds. The second kappa shape index (κ2) is 9.96. The van der Waals surface area contributed by atoms with Gasteiger partial charge in [0.1, 0.15) is 5.75 Å². The van der Waals surface area contributed by atoms with Crippen LogP contribution in [0.5, 0.6) is 5.75 Å². The first kappa shape index (κ1) is 24.3. The number of benzene rings is 2. The number of nitrogens with one attached hydrogen (secondary N) is 1. The topological polar surface area (TPSA) is 42.3 Å². The third-order valence-corrected chi connectivity index (χ3v) is 6.99. The van der Waals surface area contributed by atoms with Crippen molar-refractivity contribution in [1.82, 2.24) is 14.9 Å². The molecule has 5 rings (SSSR count). The van der Waals surface area contributed by atoms with E-state index in [9.17, 15) is 0 Å². The van der Waals surface area contributed by atoms with Gasteiger partial charge in [0.2, 0.25) is 0 Å². The molecule has 0 bridgehead atoms. The first-order chi connectivity index (χ1) is 17.3. The molecule has 1 aliphatic rings. The van der Waals surface area contributed by atoms with E-state index < -0.39 is 0 Å². The average molecular weight is 517 g/mol. The number of ether oxygens (including phenoxy) is 1. The molecule has 0 aliphatic carbocycles. The number of thiocarbonyl (C=S) groups is 1. The highest BCUT2D eigenvalue weighted by molar-refractivity contribution is 7.80. The molecule has 184 valence electrons. The van der Waals surface area contributed by atoms with E-state index in [0.717, 1.165) is 34.2 Å². The molecule has 0 unspecified atom stereocenters. The Morgan fingerprint density at radius 1 is 0.972 bits per heavy atom. The van der Waals surface area contributed by atoms with E-state index in [0.29, 0.717) is 10.1 Å². The molecule has 7 heteroatoms. The first-order valence-electron chi connectivity index (χ1n) is 12.1. The first-order valence-corrected chi connectivity index (χ1v) is 12.8. The lowest BCUT2D eigenvalue weighted by atomic mass is 9.96. The van der Waals surface area contributed by atoms with Gasteiger partial charge in [0.25, 0.3) is 0 Å². The van der Waals surface area contributed by atoms with Crippen LogP contribution in [-0.4, -0.2) is 20.8 Å². The second-order valence-electron chi connectivity index (χ2n) is 9.30. The predicted molar refractivity (Wildman–Crippen MR) is 150 cm³/mol. The van der Waals surface area contributed by atoms with Gasteiger partial charge in [0, 0.05) is 34.0 Å². The van der Waals surface area contributed by atoms with Crippen LogP contribution in [0, 0.1) is 13.8 Å². The summed E-state index contributed by atoms with van der Waals surface area (Å²) >= 11 is 12.2. The summed E-state index contributed by atoms with van der Waals surface area (Å²) in [7, 11) is 0. The van der Waals surface area contributed by atoms with Crippen LogP contribution < -0.4 is 15.0 Å². The highest BCUT2D eigenvalue weighted by Gasteiger charge is 2.42. The lowest BCUT2D eigenvalue weighted by Crippen LogP contribution is -2.29. The van der Waals surface area contributed by atoms with E-state index in [-0.39, 0.29) is 18.2 Å². The summed E-state index contributed by atoms with van der Waals surface area (Å²) in [6.07, 6.45) is 1.94. The van der Waals surface area contributed by atoms with Crippen molar-refractivity contribution < 1.29 is 4.74 Å². The fourth-order valence-corrected chi connectivity index (χ4v) is 5.54. The van der Waals surface area contributed by atoms with Crippen LogP contribution in [0.2, 0.25) is 5.02 Å². The van der Waals surface area contributed by atoms with Crippen molar-refractivity contribution in [3.63, 3.8) is 0 Å². The maximum atomic E-state index is 6.34. The van der Waals surface area contributed by atoms with E-state index in [4.69, 9.17) is 28.6 Å². The molecule has 0 saturated carbocycles. The van der Waals surface area contributed by atoms with Gasteiger partial charge in [-0.3, -0.25) is 4.98 Å². The zero-order chi connectivity index (χ0) is 25.4. The number of hydrogen-bond acceptors (Lipinski definition) is 3. The third kappa shape index (κ3) is 4.59. The van der Waals surface area contributed by atoms with Crippen LogP contribution >= 0.6 is 23.8 Å². The van der Waals surface area contributed by atoms with Gasteiger partial charge < -0.3 is 19.5 Å². The summed E-state index contributed by atoms with van der Waals surface area (Å²) in [5, 5.41) is 4.93. The molecular weight excluding hydrogens is 488 g/mol. The van der Waals surface area contributed by atoms with Crippen molar-refractivity contribution in [3.8, 4) is 11.4 Å². The Hall–Kier alpha value is -3.35. The van der Waals surface area contributed by atoms with Crippen molar-refractivity contribution in [3.05, 3.63) is 107 Å². The molecule has 2 atom stereocenters. The average Bonchev–Trinajstić information content (AvgIpc) is 3.35. The number of rotatable bonds is 6. The summed E-state index contributed by atoms with van der Waals surface area (Å²) in [4.78, 5) is 6.87. The zero-order valence-corrected chi connectivity index (χ0v) is 22.3. The van der Waals surface area contributed by atoms with Gasteiger partial charge in [-0.2, -0.15) is 0 Å². The predicted octanol–water partition coefficient (Wildman–Crippen LogP) is 7.11. The number of aromatic nitrogens is 2. The van der Waals surface area contributed by atoms with Crippen LogP contribution in [-0.2, 0) is 0 Å². The molecule has 1 fully saturated rings. The molecule has 5 nitrogen and oxygen atoms in total. The van der Waals surface area contributed by atoms with Crippen LogP contribution in [0.1, 0.15) is 48.6 Å². The van der Waals surface area contributed by atoms with Gasteiger partial charge in [0.15, 0.2) is 5.11 Å². The Morgan fingerprint density at radius 3 is 2.42 bits per heavy atom. The van der Waals surface area contributed by atoms with Crippen LogP contribution in [0.15, 0.2) is 79.0 Å². The summed E-state index contributed by atoms with van der Waals surface area (Å²) in [6, 6.07) is 24.1. The van der Waals surface area contributed by atoms with E-state index in [1.165, 1.54) is 5.56 Å². The molecule has 1 saturated heterocycles. The largest absolute Gasteiger partial charge is 0.491 e. The lowest BCUT2D eigenvalue weighted by Gasteiger charge is -2.28. The molecule has 2 aromatic heterocycles. The van der Waals surface area contributed by atoms with Gasteiger partial charge in [-0.15, -0.1) is 0 Å². The summed E-state index contributed by atoms with van der Waals surface area (Å²) < 4.78 is 8.11. The Kier molecular flexibility index (Phi) is 6.73. The molecule has 1 N–H and O–H groups in total. The molecule has 1 aliphatic heterocycles.